The van der Waals surface area contributed by atoms with Crippen LogP contribution in [0.15, 0.2) is 54.6 Å². The largest absolute Gasteiger partial charge is 0.506 e. The molecule has 0 radical (unpaired) electrons. The van der Waals surface area contributed by atoms with E-state index in [0.717, 1.165) is 10.9 Å². The zero-order chi connectivity index (χ0) is 12.5. The van der Waals surface area contributed by atoms with Crippen LogP contribution in [0.25, 0.3) is 22.2 Å². The highest BCUT2D eigenvalue weighted by Gasteiger charge is 2.08. The third-order valence-electron chi connectivity index (χ3n) is 2.82. The Morgan fingerprint density at radius 3 is 2.44 bits per heavy atom. The van der Waals surface area contributed by atoms with Gasteiger partial charge in [0.05, 0.1) is 5.52 Å². The van der Waals surface area contributed by atoms with Gasteiger partial charge >= 0.3 is 0 Å². The average Bonchev–Trinajstić information content (AvgIpc) is 2.39. The highest BCUT2D eigenvalue weighted by atomic mass is 19.1. The Bertz CT molecular complexity index is 707. The van der Waals surface area contributed by atoms with E-state index in [-0.39, 0.29) is 11.6 Å². The van der Waals surface area contributed by atoms with Gasteiger partial charge in [0.1, 0.15) is 17.3 Å². The summed E-state index contributed by atoms with van der Waals surface area (Å²) in [5.74, 6) is -0.209. The zero-order valence-electron chi connectivity index (χ0n) is 9.47. The molecule has 0 saturated carbocycles. The van der Waals surface area contributed by atoms with Crippen LogP contribution in [0.4, 0.5) is 4.39 Å². The minimum Gasteiger partial charge on any atom is -0.506 e. The van der Waals surface area contributed by atoms with Gasteiger partial charge in [0.2, 0.25) is 0 Å². The van der Waals surface area contributed by atoms with Crippen molar-refractivity contribution in [1.29, 1.82) is 0 Å². The van der Waals surface area contributed by atoms with Crippen molar-refractivity contribution >= 4 is 10.9 Å². The molecule has 0 bridgehead atoms. The highest BCUT2D eigenvalue weighted by molar-refractivity contribution is 5.84. The predicted molar refractivity (Wildman–Crippen MR) is 68.8 cm³/mol. The number of aromatic hydroxyl groups is 1. The lowest BCUT2D eigenvalue weighted by molar-refractivity contribution is 0.476. The summed E-state index contributed by atoms with van der Waals surface area (Å²) in [6.45, 7) is 0. The number of para-hydroxylation sites is 1. The number of benzene rings is 2. The molecule has 0 atom stereocenters. The van der Waals surface area contributed by atoms with Gasteiger partial charge in [0.25, 0.3) is 0 Å². The van der Waals surface area contributed by atoms with Gasteiger partial charge in [-0.2, -0.15) is 0 Å². The monoisotopic (exact) mass is 239 g/mol. The van der Waals surface area contributed by atoms with Gasteiger partial charge in [-0.25, -0.2) is 9.37 Å². The van der Waals surface area contributed by atoms with Crippen LogP contribution in [0.3, 0.4) is 0 Å². The summed E-state index contributed by atoms with van der Waals surface area (Å²) in [6, 6.07) is 15.1. The average molecular weight is 239 g/mol. The van der Waals surface area contributed by atoms with E-state index in [1.165, 1.54) is 12.1 Å². The van der Waals surface area contributed by atoms with Crippen LogP contribution >= 0.6 is 0 Å². The number of halogens is 1. The summed E-state index contributed by atoms with van der Waals surface area (Å²) in [4.78, 5) is 4.40. The van der Waals surface area contributed by atoms with E-state index >= 15 is 0 Å². The van der Waals surface area contributed by atoms with Crippen molar-refractivity contribution in [2.45, 2.75) is 0 Å². The van der Waals surface area contributed by atoms with E-state index in [9.17, 15) is 9.50 Å². The molecule has 18 heavy (non-hydrogen) atoms. The van der Waals surface area contributed by atoms with Crippen LogP contribution in [0.2, 0.25) is 0 Å². The van der Waals surface area contributed by atoms with Crippen LogP contribution < -0.4 is 0 Å². The van der Waals surface area contributed by atoms with E-state index in [2.05, 4.69) is 4.98 Å². The van der Waals surface area contributed by atoms with Crippen molar-refractivity contribution in [2.75, 3.05) is 0 Å². The molecule has 3 rings (SSSR count). The Morgan fingerprint density at radius 2 is 1.67 bits per heavy atom. The first-order chi connectivity index (χ1) is 8.74. The van der Waals surface area contributed by atoms with E-state index in [1.54, 1.807) is 18.2 Å². The number of fused-ring (bicyclic) bond motifs is 1. The lowest BCUT2D eigenvalue weighted by Crippen LogP contribution is -1.87. The van der Waals surface area contributed by atoms with E-state index < -0.39 is 0 Å². The number of rotatable bonds is 1. The molecule has 0 aliphatic carbocycles. The number of hydrogen-bond donors (Lipinski definition) is 1. The highest BCUT2D eigenvalue weighted by Crippen LogP contribution is 2.30. The summed E-state index contributed by atoms with van der Waals surface area (Å²) >= 11 is 0. The fourth-order valence-corrected chi connectivity index (χ4v) is 1.92. The molecule has 0 amide bonds. The van der Waals surface area contributed by atoms with Crippen molar-refractivity contribution in [3.8, 4) is 17.0 Å². The van der Waals surface area contributed by atoms with Gasteiger partial charge in [-0.05, 0) is 36.4 Å². The number of aromatic nitrogens is 1. The molecule has 3 heteroatoms. The number of hydrogen-bond acceptors (Lipinski definition) is 2. The SMILES string of the molecule is Oc1cc2ccccc2nc1-c1ccc(F)cc1. The van der Waals surface area contributed by atoms with Crippen LogP contribution in [-0.2, 0) is 0 Å². The maximum atomic E-state index is 12.9. The fraction of sp³-hybridized carbons (Fsp3) is 0. The summed E-state index contributed by atoms with van der Waals surface area (Å²) in [7, 11) is 0. The van der Waals surface area contributed by atoms with Gasteiger partial charge in [0.15, 0.2) is 0 Å². The second-order valence-electron chi connectivity index (χ2n) is 4.06. The van der Waals surface area contributed by atoms with Crippen molar-refractivity contribution in [3.05, 3.63) is 60.4 Å². The Balaban J connectivity index is 2.22. The molecule has 0 aliphatic rings. The molecule has 1 heterocycles. The van der Waals surface area contributed by atoms with Crippen LogP contribution in [-0.4, -0.2) is 10.1 Å². The minimum atomic E-state index is -0.306. The summed E-state index contributed by atoms with van der Waals surface area (Å²) in [6.07, 6.45) is 0. The Labute approximate surface area is 103 Å². The maximum absolute atomic E-state index is 12.9. The molecule has 0 unspecified atom stereocenters. The molecule has 88 valence electrons. The Kier molecular flexibility index (Phi) is 2.45. The van der Waals surface area contributed by atoms with Crippen molar-refractivity contribution in [2.24, 2.45) is 0 Å². The molecule has 0 aliphatic heterocycles. The van der Waals surface area contributed by atoms with Crippen LogP contribution in [0, 0.1) is 5.82 Å². The molecule has 1 N–H and O–H groups in total. The van der Waals surface area contributed by atoms with Gasteiger partial charge in [0, 0.05) is 10.9 Å². The summed E-state index contributed by atoms with van der Waals surface area (Å²) < 4.78 is 12.9. The second-order valence-corrected chi connectivity index (χ2v) is 4.06. The van der Waals surface area contributed by atoms with Crippen molar-refractivity contribution in [1.82, 2.24) is 4.98 Å². The minimum absolute atomic E-state index is 0.0975. The smallest absolute Gasteiger partial charge is 0.142 e. The van der Waals surface area contributed by atoms with E-state index in [1.807, 2.05) is 24.3 Å². The van der Waals surface area contributed by atoms with E-state index in [4.69, 9.17) is 0 Å². The first kappa shape index (κ1) is 10.7. The molecule has 2 aromatic carbocycles. The van der Waals surface area contributed by atoms with Crippen molar-refractivity contribution in [3.63, 3.8) is 0 Å². The maximum Gasteiger partial charge on any atom is 0.142 e. The molecule has 0 saturated heterocycles. The van der Waals surface area contributed by atoms with Gasteiger partial charge < -0.3 is 5.11 Å². The molecule has 0 spiro atoms. The van der Waals surface area contributed by atoms with E-state index in [0.29, 0.717) is 11.3 Å². The fourth-order valence-electron chi connectivity index (χ4n) is 1.92. The van der Waals surface area contributed by atoms with Crippen LogP contribution in [0.5, 0.6) is 5.75 Å². The molecular formula is C15H10FNO. The number of pyridine rings is 1. The summed E-state index contributed by atoms with van der Waals surface area (Å²) in [5, 5.41) is 10.9. The van der Waals surface area contributed by atoms with Gasteiger partial charge in [-0.15, -0.1) is 0 Å². The number of nitrogens with zero attached hydrogens (tertiary/aromatic N) is 1. The molecule has 0 fully saturated rings. The second kappa shape index (κ2) is 4.11. The molecule has 2 nitrogen and oxygen atoms in total. The lowest BCUT2D eigenvalue weighted by atomic mass is 10.1. The predicted octanol–water partition coefficient (Wildman–Crippen LogP) is 3.75. The first-order valence-electron chi connectivity index (χ1n) is 5.59. The summed E-state index contributed by atoms with van der Waals surface area (Å²) in [5.41, 5.74) is 1.96. The zero-order valence-corrected chi connectivity index (χ0v) is 9.47. The van der Waals surface area contributed by atoms with Gasteiger partial charge in [-0.3, -0.25) is 0 Å². The third kappa shape index (κ3) is 1.80. The molecule has 3 aromatic rings. The van der Waals surface area contributed by atoms with Gasteiger partial charge in [-0.1, -0.05) is 18.2 Å². The topological polar surface area (TPSA) is 33.1 Å². The first-order valence-corrected chi connectivity index (χ1v) is 5.59. The lowest BCUT2D eigenvalue weighted by Gasteiger charge is -2.06. The quantitative estimate of drug-likeness (QED) is 0.701. The van der Waals surface area contributed by atoms with Crippen molar-refractivity contribution < 1.29 is 9.50 Å². The molecule has 1 aromatic heterocycles. The third-order valence-corrected chi connectivity index (χ3v) is 2.82. The Hall–Kier alpha value is -2.42. The molecular weight excluding hydrogens is 229 g/mol. The standard InChI is InChI=1S/C15H10FNO/c16-12-7-5-10(6-8-12)15-14(18)9-11-3-1-2-4-13(11)17-15/h1-9,18H. The van der Waals surface area contributed by atoms with Crippen LogP contribution in [0.1, 0.15) is 0 Å². The Morgan fingerprint density at radius 1 is 0.944 bits per heavy atom. The normalized spacial score (nSPS) is 10.7.